The minimum Gasteiger partial charge on any atom is -0.489 e. The minimum atomic E-state index is -0.295. The van der Waals surface area contributed by atoms with Gasteiger partial charge in [0.1, 0.15) is 17.9 Å². The van der Waals surface area contributed by atoms with Crippen LogP contribution in [-0.4, -0.2) is 49.7 Å². The smallest absolute Gasteiger partial charge is 0.254 e. The van der Waals surface area contributed by atoms with E-state index in [2.05, 4.69) is 31.1 Å². The van der Waals surface area contributed by atoms with E-state index in [1.165, 1.54) is 6.42 Å². The molecule has 216 valence electrons. The molecule has 3 aromatic carbocycles. The number of nitrogens with zero attached hydrogens (tertiary/aromatic N) is 5. The van der Waals surface area contributed by atoms with Crippen molar-refractivity contribution < 1.29 is 14.3 Å². The topological polar surface area (TPSA) is 80.6 Å². The number of carbonyl (C=O) groups is 2. The van der Waals surface area contributed by atoms with Crippen molar-refractivity contribution in [3.05, 3.63) is 86.9 Å². The van der Waals surface area contributed by atoms with Gasteiger partial charge in [0.2, 0.25) is 5.91 Å². The number of amides is 2. The molecule has 1 atom stereocenters. The first kappa shape index (κ1) is 27.1. The van der Waals surface area contributed by atoms with Crippen molar-refractivity contribution in [3.63, 3.8) is 0 Å². The van der Waals surface area contributed by atoms with Crippen LogP contribution in [0.2, 0.25) is 0 Å². The van der Waals surface area contributed by atoms with E-state index in [0.29, 0.717) is 26.2 Å². The first-order valence-corrected chi connectivity index (χ1v) is 15.7. The van der Waals surface area contributed by atoms with Gasteiger partial charge in [-0.15, -0.1) is 5.10 Å². The number of carbonyl (C=O) groups excluding carboxylic acids is 2. The highest BCUT2D eigenvalue weighted by Crippen LogP contribution is 2.43. The van der Waals surface area contributed by atoms with Gasteiger partial charge in [-0.05, 0) is 66.3 Å². The molecule has 8 nitrogen and oxygen atoms in total. The zero-order chi connectivity index (χ0) is 28.8. The average Bonchev–Trinajstić information content (AvgIpc) is 3.55. The first-order valence-electron chi connectivity index (χ1n) is 14.9. The second-order valence-corrected chi connectivity index (χ2v) is 12.6. The summed E-state index contributed by atoms with van der Waals surface area (Å²) in [5.74, 6) is 1.04. The fourth-order valence-corrected chi connectivity index (χ4v) is 7.50. The maximum absolute atomic E-state index is 14.1. The molecule has 3 heterocycles. The number of aromatic nitrogens is 3. The van der Waals surface area contributed by atoms with E-state index >= 15 is 0 Å². The molecule has 3 aliphatic rings. The fraction of sp³-hybridized carbons (Fsp3) is 0.394. The lowest BCUT2D eigenvalue weighted by molar-refractivity contribution is -0.140. The molecule has 1 aromatic heterocycles. The summed E-state index contributed by atoms with van der Waals surface area (Å²) in [4.78, 5) is 31.6. The summed E-state index contributed by atoms with van der Waals surface area (Å²) in [6.07, 6.45) is 6.01. The molecular weight excluding hydrogens is 594 g/mol. The Morgan fingerprint density at radius 2 is 1.90 bits per heavy atom. The van der Waals surface area contributed by atoms with Crippen LogP contribution in [0.25, 0.3) is 11.0 Å². The third kappa shape index (κ3) is 4.87. The van der Waals surface area contributed by atoms with Gasteiger partial charge in [-0.3, -0.25) is 9.59 Å². The van der Waals surface area contributed by atoms with E-state index in [9.17, 15) is 9.59 Å². The summed E-state index contributed by atoms with van der Waals surface area (Å²) in [6, 6.07) is 17.6. The number of benzene rings is 3. The average molecular weight is 629 g/mol. The number of ether oxygens (including phenoxy) is 1. The lowest BCUT2D eigenvalue weighted by Crippen LogP contribution is -2.48. The quantitative estimate of drug-likeness (QED) is 0.263. The lowest BCUT2D eigenvalue weighted by Gasteiger charge is -2.42. The molecule has 7 rings (SSSR count). The zero-order valence-corrected chi connectivity index (χ0v) is 25.3. The van der Waals surface area contributed by atoms with E-state index in [1.807, 2.05) is 66.5 Å². The highest BCUT2D eigenvalue weighted by atomic mass is 79.9. The van der Waals surface area contributed by atoms with Crippen molar-refractivity contribution in [2.75, 3.05) is 13.1 Å². The number of hydrogen-bond donors (Lipinski definition) is 0. The summed E-state index contributed by atoms with van der Waals surface area (Å²) in [5.41, 5.74) is 6.73. The first-order chi connectivity index (χ1) is 20.5. The maximum Gasteiger partial charge on any atom is 0.254 e. The fourth-order valence-electron chi connectivity index (χ4n) is 6.95. The lowest BCUT2D eigenvalue weighted by atomic mass is 9.85. The predicted molar refractivity (Wildman–Crippen MR) is 163 cm³/mol. The molecule has 1 aliphatic carbocycles. The Hall–Kier alpha value is -3.72. The Kier molecular flexibility index (Phi) is 7.22. The van der Waals surface area contributed by atoms with Crippen molar-refractivity contribution in [2.45, 2.75) is 57.7 Å². The Bertz CT molecular complexity index is 1680. The second kappa shape index (κ2) is 11.2. The van der Waals surface area contributed by atoms with Crippen molar-refractivity contribution in [1.29, 1.82) is 0 Å². The molecule has 0 unspecified atom stereocenters. The largest absolute Gasteiger partial charge is 0.489 e. The van der Waals surface area contributed by atoms with Gasteiger partial charge < -0.3 is 14.5 Å². The van der Waals surface area contributed by atoms with Gasteiger partial charge in [0, 0.05) is 48.2 Å². The van der Waals surface area contributed by atoms with Gasteiger partial charge in [-0.1, -0.05) is 64.7 Å². The number of rotatable bonds is 6. The number of hydrogen-bond acceptors (Lipinski definition) is 5. The van der Waals surface area contributed by atoms with Crippen molar-refractivity contribution in [2.24, 2.45) is 13.0 Å². The van der Waals surface area contributed by atoms with Crippen LogP contribution in [0.15, 0.2) is 59.1 Å². The molecule has 2 aliphatic heterocycles. The molecule has 0 spiro atoms. The van der Waals surface area contributed by atoms with Gasteiger partial charge in [-0.25, -0.2) is 4.68 Å². The minimum absolute atomic E-state index is 0.0255. The summed E-state index contributed by atoms with van der Waals surface area (Å²) < 4.78 is 9.31. The van der Waals surface area contributed by atoms with Crippen molar-refractivity contribution in [1.82, 2.24) is 24.8 Å². The summed E-state index contributed by atoms with van der Waals surface area (Å²) in [5, 5.41) is 8.37. The highest BCUT2D eigenvalue weighted by Gasteiger charge is 2.40. The van der Waals surface area contributed by atoms with Crippen LogP contribution in [0, 0.1) is 5.92 Å². The van der Waals surface area contributed by atoms with Crippen LogP contribution in [0.1, 0.15) is 70.8 Å². The van der Waals surface area contributed by atoms with Gasteiger partial charge in [0.05, 0.1) is 11.6 Å². The van der Waals surface area contributed by atoms with Gasteiger partial charge in [0.15, 0.2) is 0 Å². The van der Waals surface area contributed by atoms with Gasteiger partial charge in [-0.2, -0.15) is 0 Å². The van der Waals surface area contributed by atoms with Crippen LogP contribution in [0.5, 0.6) is 5.75 Å². The third-order valence-electron chi connectivity index (χ3n) is 9.17. The Labute approximate surface area is 253 Å². The van der Waals surface area contributed by atoms with E-state index in [1.54, 1.807) is 4.68 Å². The zero-order valence-electron chi connectivity index (χ0n) is 23.8. The Balaban J connectivity index is 1.23. The molecule has 42 heavy (non-hydrogen) atoms. The SMILES string of the molecule is Cn1nnc2cc(COc3ccc(Br)c4c3[C@@H](CN3Cc5ccccc5C3=O)N(C(=O)C3CCCCC3)CC4)ccc21. The molecule has 0 saturated heterocycles. The van der Waals surface area contributed by atoms with Crippen LogP contribution in [0.3, 0.4) is 0 Å². The third-order valence-corrected chi connectivity index (χ3v) is 9.91. The summed E-state index contributed by atoms with van der Waals surface area (Å²) >= 11 is 3.79. The standard InChI is InChI=1S/C33H34BrN5O3/c1-37-28-13-11-21(17-27(28)35-36-37)20-42-30-14-12-26(34)25-15-16-39(32(40)22-7-3-2-4-8-22)29(31(25)30)19-38-18-23-9-5-6-10-24(23)33(38)41/h5-6,9-14,17,22,29H,2-4,7-8,15-16,18-20H2,1H3/t29-/m1/s1. The van der Waals surface area contributed by atoms with Crippen LogP contribution in [0.4, 0.5) is 0 Å². The Morgan fingerprint density at radius 1 is 1.07 bits per heavy atom. The number of aryl methyl sites for hydroxylation is 1. The van der Waals surface area contributed by atoms with Crippen LogP contribution < -0.4 is 4.74 Å². The molecule has 4 aromatic rings. The molecule has 0 radical (unpaired) electrons. The summed E-state index contributed by atoms with van der Waals surface area (Å²) in [7, 11) is 1.88. The van der Waals surface area contributed by atoms with Crippen molar-refractivity contribution >= 4 is 38.8 Å². The van der Waals surface area contributed by atoms with E-state index in [0.717, 1.165) is 81.2 Å². The normalized spacial score (nSPS) is 18.8. The molecule has 2 amide bonds. The van der Waals surface area contributed by atoms with E-state index < -0.39 is 0 Å². The molecule has 0 bridgehead atoms. The number of fused-ring (bicyclic) bond motifs is 3. The Morgan fingerprint density at radius 3 is 2.74 bits per heavy atom. The molecular formula is C33H34BrN5O3. The van der Waals surface area contributed by atoms with Gasteiger partial charge in [0.25, 0.3) is 5.91 Å². The maximum atomic E-state index is 14.1. The highest BCUT2D eigenvalue weighted by molar-refractivity contribution is 9.10. The summed E-state index contributed by atoms with van der Waals surface area (Å²) in [6.45, 7) is 1.97. The van der Waals surface area contributed by atoms with Crippen LogP contribution in [-0.2, 0) is 31.4 Å². The van der Waals surface area contributed by atoms with Crippen LogP contribution >= 0.6 is 15.9 Å². The number of halogens is 1. The molecule has 0 N–H and O–H groups in total. The van der Waals surface area contributed by atoms with E-state index in [-0.39, 0.29) is 23.8 Å². The molecule has 1 fully saturated rings. The monoisotopic (exact) mass is 627 g/mol. The molecule has 9 heteroatoms. The molecule has 1 saturated carbocycles. The second-order valence-electron chi connectivity index (χ2n) is 11.7. The van der Waals surface area contributed by atoms with Gasteiger partial charge >= 0.3 is 0 Å². The predicted octanol–water partition coefficient (Wildman–Crippen LogP) is 5.97. The van der Waals surface area contributed by atoms with Crippen molar-refractivity contribution in [3.8, 4) is 5.75 Å². The van der Waals surface area contributed by atoms with E-state index in [4.69, 9.17) is 4.74 Å².